The maximum absolute atomic E-state index is 12.3. The molecule has 3 rings (SSSR count). The summed E-state index contributed by atoms with van der Waals surface area (Å²) in [5, 5.41) is 5.41. The molecule has 0 radical (unpaired) electrons. The van der Waals surface area contributed by atoms with Gasteiger partial charge in [-0.05, 0) is 68.5 Å². The van der Waals surface area contributed by atoms with Crippen molar-refractivity contribution in [3.05, 3.63) is 62.1 Å². The van der Waals surface area contributed by atoms with E-state index in [0.717, 1.165) is 24.9 Å². The van der Waals surface area contributed by atoms with Crippen LogP contribution in [0.2, 0.25) is 15.1 Å². The second-order valence-corrected chi connectivity index (χ2v) is 9.55. The minimum absolute atomic E-state index is 0.0786. The summed E-state index contributed by atoms with van der Waals surface area (Å²) < 4.78 is 0. The van der Waals surface area contributed by atoms with Crippen molar-refractivity contribution < 1.29 is 4.79 Å². The standard InChI is InChI=1S/C23H26Cl3N3O/c1-5-8-29-21-11-19(25)16(9-17(21)14(2)12-23(29,3)4)13-27-28-22(30)15-6-7-18(24)20(26)10-15/h6-7,9-11,13-14H,5,8,12H2,1-4H3,(H,28,30)/b27-13-. The lowest BCUT2D eigenvalue weighted by molar-refractivity contribution is 0.0955. The predicted molar refractivity (Wildman–Crippen MR) is 128 cm³/mol. The van der Waals surface area contributed by atoms with Gasteiger partial charge in [0, 0.05) is 28.9 Å². The molecular formula is C23H26Cl3N3O. The van der Waals surface area contributed by atoms with Crippen LogP contribution in [-0.4, -0.2) is 24.2 Å². The molecule has 2 aromatic rings. The van der Waals surface area contributed by atoms with Gasteiger partial charge in [-0.1, -0.05) is 48.7 Å². The molecule has 0 aromatic heterocycles. The lowest BCUT2D eigenvalue weighted by Gasteiger charge is -2.47. The highest BCUT2D eigenvalue weighted by atomic mass is 35.5. The second kappa shape index (κ2) is 9.17. The van der Waals surface area contributed by atoms with Crippen LogP contribution in [0.3, 0.4) is 0 Å². The zero-order valence-electron chi connectivity index (χ0n) is 17.6. The van der Waals surface area contributed by atoms with E-state index in [-0.39, 0.29) is 11.4 Å². The highest BCUT2D eigenvalue weighted by Crippen LogP contribution is 2.45. The summed E-state index contributed by atoms with van der Waals surface area (Å²) in [7, 11) is 0. The average molecular weight is 467 g/mol. The van der Waals surface area contributed by atoms with Gasteiger partial charge in [0.2, 0.25) is 0 Å². The molecule has 1 heterocycles. The lowest BCUT2D eigenvalue weighted by Crippen LogP contribution is -2.48. The van der Waals surface area contributed by atoms with Crippen molar-refractivity contribution >= 4 is 52.6 Å². The number of nitrogens with zero attached hydrogens (tertiary/aromatic N) is 2. The van der Waals surface area contributed by atoms with Crippen LogP contribution in [0.5, 0.6) is 0 Å². The minimum atomic E-state index is -0.372. The van der Waals surface area contributed by atoms with Gasteiger partial charge in [0.1, 0.15) is 0 Å². The molecule has 0 aliphatic carbocycles. The monoisotopic (exact) mass is 465 g/mol. The Labute approximate surface area is 193 Å². The Morgan fingerprint density at radius 1 is 1.20 bits per heavy atom. The summed E-state index contributed by atoms with van der Waals surface area (Å²) in [6.07, 6.45) is 3.71. The summed E-state index contributed by atoms with van der Waals surface area (Å²) in [6.45, 7) is 9.97. The topological polar surface area (TPSA) is 44.7 Å². The fraction of sp³-hybridized carbons (Fsp3) is 0.391. The Morgan fingerprint density at radius 3 is 2.60 bits per heavy atom. The van der Waals surface area contributed by atoms with E-state index in [9.17, 15) is 4.79 Å². The molecule has 30 heavy (non-hydrogen) atoms. The van der Waals surface area contributed by atoms with Gasteiger partial charge in [0.15, 0.2) is 0 Å². The van der Waals surface area contributed by atoms with Crippen LogP contribution >= 0.6 is 34.8 Å². The first-order chi connectivity index (χ1) is 14.1. The fourth-order valence-corrected chi connectivity index (χ4v) is 4.63. The molecule has 1 aliphatic heterocycles. The van der Waals surface area contributed by atoms with Gasteiger partial charge in [-0.25, -0.2) is 5.43 Å². The van der Waals surface area contributed by atoms with E-state index >= 15 is 0 Å². The van der Waals surface area contributed by atoms with Crippen LogP contribution in [0.1, 0.15) is 67.9 Å². The molecule has 160 valence electrons. The average Bonchev–Trinajstić information content (AvgIpc) is 2.67. The number of hydrogen-bond acceptors (Lipinski definition) is 3. The maximum Gasteiger partial charge on any atom is 0.271 e. The van der Waals surface area contributed by atoms with Gasteiger partial charge in [-0.2, -0.15) is 5.10 Å². The van der Waals surface area contributed by atoms with Crippen LogP contribution in [-0.2, 0) is 0 Å². The molecule has 1 unspecified atom stereocenters. The summed E-state index contributed by atoms with van der Waals surface area (Å²) in [5.74, 6) is 0.0291. The fourth-order valence-electron chi connectivity index (χ4n) is 4.13. The van der Waals surface area contributed by atoms with E-state index in [2.05, 4.69) is 49.2 Å². The molecule has 0 saturated heterocycles. The number of fused-ring (bicyclic) bond motifs is 1. The third kappa shape index (κ3) is 4.77. The van der Waals surface area contributed by atoms with Crippen molar-refractivity contribution in [1.29, 1.82) is 0 Å². The number of rotatable bonds is 5. The lowest BCUT2D eigenvalue weighted by atomic mass is 9.79. The normalized spacial score (nSPS) is 17.8. The van der Waals surface area contributed by atoms with Crippen LogP contribution in [0.15, 0.2) is 35.4 Å². The molecule has 0 fully saturated rings. The molecule has 2 aromatic carbocycles. The number of amides is 1. The van der Waals surface area contributed by atoms with Gasteiger partial charge in [-0.3, -0.25) is 4.79 Å². The van der Waals surface area contributed by atoms with Gasteiger partial charge in [0.25, 0.3) is 5.91 Å². The zero-order valence-corrected chi connectivity index (χ0v) is 19.9. The molecular weight excluding hydrogens is 441 g/mol. The zero-order chi connectivity index (χ0) is 22.1. The molecule has 1 N–H and O–H groups in total. The largest absolute Gasteiger partial charge is 0.366 e. The highest BCUT2D eigenvalue weighted by Gasteiger charge is 2.36. The second-order valence-electron chi connectivity index (χ2n) is 8.33. The Hall–Kier alpha value is -1.75. The smallest absolute Gasteiger partial charge is 0.271 e. The van der Waals surface area contributed by atoms with Crippen LogP contribution in [0, 0.1) is 0 Å². The first-order valence-electron chi connectivity index (χ1n) is 10.0. The third-order valence-electron chi connectivity index (χ3n) is 5.50. The van der Waals surface area contributed by atoms with Crippen molar-refractivity contribution in [3.63, 3.8) is 0 Å². The van der Waals surface area contributed by atoms with Crippen LogP contribution in [0.25, 0.3) is 0 Å². The predicted octanol–water partition coefficient (Wildman–Crippen LogP) is 6.91. The first-order valence-corrected chi connectivity index (χ1v) is 11.2. The summed E-state index contributed by atoms with van der Waals surface area (Å²) in [5.41, 5.74) is 6.18. The molecule has 0 saturated carbocycles. The van der Waals surface area contributed by atoms with Crippen molar-refractivity contribution in [3.8, 4) is 0 Å². The van der Waals surface area contributed by atoms with E-state index in [0.29, 0.717) is 26.5 Å². The molecule has 0 spiro atoms. The summed E-state index contributed by atoms with van der Waals surface area (Å²) >= 11 is 18.4. The molecule has 4 nitrogen and oxygen atoms in total. The number of carbonyl (C=O) groups excluding carboxylic acids is 1. The molecule has 1 atom stereocenters. The number of nitrogens with one attached hydrogen (secondary N) is 1. The molecule has 0 bridgehead atoms. The molecule has 1 aliphatic rings. The maximum atomic E-state index is 12.3. The van der Waals surface area contributed by atoms with E-state index in [4.69, 9.17) is 34.8 Å². The number of hydrazone groups is 1. The number of anilines is 1. The number of halogens is 3. The summed E-state index contributed by atoms with van der Waals surface area (Å²) in [6, 6.07) is 8.78. The Balaban J connectivity index is 1.83. The number of benzene rings is 2. The Morgan fingerprint density at radius 2 is 1.93 bits per heavy atom. The van der Waals surface area contributed by atoms with Crippen molar-refractivity contribution in [2.45, 2.75) is 52.0 Å². The van der Waals surface area contributed by atoms with Crippen LogP contribution < -0.4 is 10.3 Å². The van der Waals surface area contributed by atoms with Crippen molar-refractivity contribution in [2.75, 3.05) is 11.4 Å². The first kappa shape index (κ1) is 22.9. The minimum Gasteiger partial charge on any atom is -0.366 e. The SMILES string of the molecule is CCCN1c2cc(Cl)c(/C=N\NC(=O)c3ccc(Cl)c(Cl)c3)cc2C(C)CC1(C)C. The molecule has 7 heteroatoms. The number of hydrogen-bond donors (Lipinski definition) is 1. The van der Waals surface area contributed by atoms with E-state index < -0.39 is 0 Å². The number of carbonyl (C=O) groups is 1. The van der Waals surface area contributed by atoms with E-state index in [1.165, 1.54) is 17.3 Å². The molecule has 1 amide bonds. The van der Waals surface area contributed by atoms with Crippen LogP contribution in [0.4, 0.5) is 5.69 Å². The van der Waals surface area contributed by atoms with E-state index in [1.54, 1.807) is 18.3 Å². The van der Waals surface area contributed by atoms with Gasteiger partial charge in [-0.15, -0.1) is 0 Å². The quantitative estimate of drug-likeness (QED) is 0.384. The summed E-state index contributed by atoms with van der Waals surface area (Å²) in [4.78, 5) is 14.7. The van der Waals surface area contributed by atoms with Crippen molar-refractivity contribution in [2.24, 2.45) is 5.10 Å². The van der Waals surface area contributed by atoms with Gasteiger partial charge < -0.3 is 4.90 Å². The highest BCUT2D eigenvalue weighted by molar-refractivity contribution is 6.42. The Kier molecular flexibility index (Phi) is 7.01. The Bertz CT molecular complexity index is 988. The third-order valence-corrected chi connectivity index (χ3v) is 6.57. The van der Waals surface area contributed by atoms with Gasteiger partial charge in [0.05, 0.1) is 21.3 Å². The van der Waals surface area contributed by atoms with Crippen molar-refractivity contribution in [1.82, 2.24) is 5.43 Å². The van der Waals surface area contributed by atoms with Gasteiger partial charge >= 0.3 is 0 Å². The van der Waals surface area contributed by atoms with E-state index in [1.807, 2.05) is 6.07 Å².